The smallest absolute Gasteiger partial charge is 0.390 e. The first-order valence-corrected chi connectivity index (χ1v) is 3.46. The Labute approximate surface area is 67.7 Å². The summed E-state index contributed by atoms with van der Waals surface area (Å²) in [7, 11) is 0. The normalized spacial score (nSPS) is 23.8. The van der Waals surface area contributed by atoms with Crippen LogP contribution in [-0.2, 0) is 0 Å². The lowest BCUT2D eigenvalue weighted by Crippen LogP contribution is -2.31. The van der Waals surface area contributed by atoms with E-state index in [1.807, 2.05) is 0 Å². The molecule has 0 amide bonds. The van der Waals surface area contributed by atoms with Gasteiger partial charge >= 0.3 is 6.18 Å². The van der Waals surface area contributed by atoms with Crippen molar-refractivity contribution in [2.24, 2.45) is 5.92 Å². The van der Waals surface area contributed by atoms with Crippen molar-refractivity contribution in [2.75, 3.05) is 6.54 Å². The molecule has 0 aromatic rings. The van der Waals surface area contributed by atoms with Crippen molar-refractivity contribution in [1.82, 2.24) is 5.32 Å². The van der Waals surface area contributed by atoms with Crippen molar-refractivity contribution >= 4 is 0 Å². The molecule has 0 aliphatic carbocycles. The summed E-state index contributed by atoms with van der Waals surface area (Å²) in [5, 5.41) is 11.0. The summed E-state index contributed by atoms with van der Waals surface area (Å²) in [5.41, 5.74) is -0.228. The third-order valence-corrected chi connectivity index (χ3v) is 1.73. The van der Waals surface area contributed by atoms with Gasteiger partial charge in [-0.15, -0.1) is 0 Å². The largest absolute Gasteiger partial charge is 0.396 e. The van der Waals surface area contributed by atoms with E-state index < -0.39 is 12.1 Å². The number of halogens is 3. The molecular weight excluding hydrogens is 169 g/mol. The molecule has 1 aliphatic rings. The first-order valence-electron chi connectivity index (χ1n) is 3.46. The van der Waals surface area contributed by atoms with Gasteiger partial charge in [0.25, 0.3) is 0 Å². The van der Waals surface area contributed by atoms with Gasteiger partial charge in [-0.05, 0) is 6.42 Å². The molecular formula is C7H7F3N2. The lowest BCUT2D eigenvalue weighted by molar-refractivity contribution is -0.165. The van der Waals surface area contributed by atoms with E-state index in [1.165, 1.54) is 6.07 Å². The monoisotopic (exact) mass is 176 g/mol. The van der Waals surface area contributed by atoms with Crippen molar-refractivity contribution in [3.8, 4) is 6.07 Å². The van der Waals surface area contributed by atoms with E-state index >= 15 is 0 Å². The average molecular weight is 176 g/mol. The molecule has 0 spiro atoms. The Kier molecular flexibility index (Phi) is 2.27. The maximum absolute atomic E-state index is 12.2. The van der Waals surface area contributed by atoms with Crippen LogP contribution in [0.1, 0.15) is 6.42 Å². The Bertz CT molecular complexity index is 236. The summed E-state index contributed by atoms with van der Waals surface area (Å²) < 4.78 is 36.5. The van der Waals surface area contributed by atoms with Crippen LogP contribution in [0.25, 0.3) is 0 Å². The summed E-state index contributed by atoms with van der Waals surface area (Å²) in [6.45, 7) is 0.273. The molecule has 1 heterocycles. The summed E-state index contributed by atoms with van der Waals surface area (Å²) in [5.74, 6) is -1.58. The van der Waals surface area contributed by atoms with E-state index in [-0.39, 0.29) is 18.5 Å². The van der Waals surface area contributed by atoms with Gasteiger partial charge in [-0.3, -0.25) is 0 Å². The molecule has 0 saturated heterocycles. The van der Waals surface area contributed by atoms with Gasteiger partial charge in [-0.1, -0.05) is 0 Å². The van der Waals surface area contributed by atoms with Crippen LogP contribution < -0.4 is 5.32 Å². The Hall–Kier alpha value is -1.18. The van der Waals surface area contributed by atoms with Crippen LogP contribution in [0.4, 0.5) is 13.2 Å². The van der Waals surface area contributed by atoms with Gasteiger partial charge in [0.15, 0.2) is 0 Å². The molecule has 1 atom stereocenters. The summed E-state index contributed by atoms with van der Waals surface area (Å²) >= 11 is 0. The minimum atomic E-state index is -4.29. The number of hydrogen-bond acceptors (Lipinski definition) is 2. The van der Waals surface area contributed by atoms with Gasteiger partial charge in [0.1, 0.15) is 0 Å². The Morgan fingerprint density at radius 2 is 2.25 bits per heavy atom. The molecule has 1 N–H and O–H groups in total. The summed E-state index contributed by atoms with van der Waals surface area (Å²) in [6.07, 6.45) is -3.20. The molecule has 0 bridgehead atoms. The van der Waals surface area contributed by atoms with Crippen LogP contribution in [0, 0.1) is 17.2 Å². The average Bonchev–Trinajstić information content (AvgIpc) is 2.03. The molecule has 0 aromatic heterocycles. The first kappa shape index (κ1) is 8.91. The second-order valence-electron chi connectivity index (χ2n) is 2.55. The summed E-state index contributed by atoms with van der Waals surface area (Å²) in [6, 6.07) is 1.54. The summed E-state index contributed by atoms with van der Waals surface area (Å²) in [4.78, 5) is 0. The van der Waals surface area contributed by atoms with Crippen LogP contribution in [0.15, 0.2) is 11.8 Å². The fraction of sp³-hybridized carbons (Fsp3) is 0.571. The molecule has 1 aliphatic heterocycles. The number of nitriles is 1. The second kappa shape index (κ2) is 3.05. The van der Waals surface area contributed by atoms with Crippen LogP contribution >= 0.6 is 0 Å². The fourth-order valence-electron chi connectivity index (χ4n) is 1.12. The highest BCUT2D eigenvalue weighted by Crippen LogP contribution is 2.34. The van der Waals surface area contributed by atoms with Crippen molar-refractivity contribution in [3.05, 3.63) is 11.8 Å². The number of hydrogen-bond donors (Lipinski definition) is 1. The third kappa shape index (κ3) is 1.70. The van der Waals surface area contributed by atoms with E-state index in [4.69, 9.17) is 5.26 Å². The number of alkyl halides is 3. The highest BCUT2D eigenvalue weighted by atomic mass is 19.4. The standard InChI is InChI=1S/C7H7F3N2/c8-7(9,10)6-1-2-12-4-5(6)3-11/h4,6,12H,1-2H2/t6-/m1/s1. The van der Waals surface area contributed by atoms with E-state index in [0.29, 0.717) is 0 Å². The van der Waals surface area contributed by atoms with E-state index in [0.717, 1.165) is 6.20 Å². The first-order chi connectivity index (χ1) is 5.55. The zero-order valence-electron chi connectivity index (χ0n) is 6.15. The van der Waals surface area contributed by atoms with Crippen LogP contribution in [0.2, 0.25) is 0 Å². The topological polar surface area (TPSA) is 35.8 Å². The number of rotatable bonds is 0. The molecule has 0 saturated carbocycles. The van der Waals surface area contributed by atoms with Crippen molar-refractivity contribution in [2.45, 2.75) is 12.6 Å². The van der Waals surface area contributed by atoms with Crippen LogP contribution in [0.5, 0.6) is 0 Å². The molecule has 0 aromatic carbocycles. The maximum atomic E-state index is 12.2. The minimum Gasteiger partial charge on any atom is -0.390 e. The lowest BCUT2D eigenvalue weighted by Gasteiger charge is -2.22. The molecule has 0 unspecified atom stereocenters. The van der Waals surface area contributed by atoms with Gasteiger partial charge < -0.3 is 5.32 Å². The van der Waals surface area contributed by atoms with Gasteiger partial charge in [0, 0.05) is 12.7 Å². The van der Waals surface area contributed by atoms with Crippen LogP contribution in [-0.4, -0.2) is 12.7 Å². The number of nitrogens with one attached hydrogen (secondary N) is 1. The number of allylic oxidation sites excluding steroid dienone is 1. The highest BCUT2D eigenvalue weighted by Gasteiger charge is 2.42. The van der Waals surface area contributed by atoms with Gasteiger partial charge in [0.05, 0.1) is 17.6 Å². The van der Waals surface area contributed by atoms with E-state index in [2.05, 4.69) is 5.32 Å². The van der Waals surface area contributed by atoms with Gasteiger partial charge in [0.2, 0.25) is 0 Å². The molecule has 1 rings (SSSR count). The zero-order chi connectivity index (χ0) is 9.19. The van der Waals surface area contributed by atoms with E-state index in [1.54, 1.807) is 0 Å². The lowest BCUT2D eigenvalue weighted by atomic mass is 9.94. The van der Waals surface area contributed by atoms with Gasteiger partial charge in [-0.2, -0.15) is 18.4 Å². The van der Waals surface area contributed by atoms with Gasteiger partial charge in [-0.25, -0.2) is 0 Å². The Balaban J connectivity index is 2.84. The quantitative estimate of drug-likeness (QED) is 0.608. The predicted octanol–water partition coefficient (Wildman–Crippen LogP) is 1.57. The zero-order valence-corrected chi connectivity index (χ0v) is 6.15. The Morgan fingerprint density at radius 1 is 1.58 bits per heavy atom. The van der Waals surface area contributed by atoms with Crippen molar-refractivity contribution < 1.29 is 13.2 Å². The number of nitrogens with zero attached hydrogens (tertiary/aromatic N) is 1. The van der Waals surface area contributed by atoms with Crippen molar-refractivity contribution in [3.63, 3.8) is 0 Å². The molecule has 2 nitrogen and oxygen atoms in total. The predicted molar refractivity (Wildman–Crippen MR) is 35.9 cm³/mol. The highest BCUT2D eigenvalue weighted by molar-refractivity contribution is 5.26. The SMILES string of the molecule is N#CC1=CNCC[C@H]1C(F)(F)F. The van der Waals surface area contributed by atoms with Crippen LogP contribution in [0.3, 0.4) is 0 Å². The molecule has 12 heavy (non-hydrogen) atoms. The minimum absolute atomic E-state index is 0.0527. The third-order valence-electron chi connectivity index (χ3n) is 1.73. The second-order valence-corrected chi connectivity index (χ2v) is 2.55. The molecule has 0 fully saturated rings. The van der Waals surface area contributed by atoms with E-state index in [9.17, 15) is 13.2 Å². The maximum Gasteiger partial charge on any atom is 0.396 e. The fourth-order valence-corrected chi connectivity index (χ4v) is 1.12. The molecule has 5 heteroatoms. The molecule has 66 valence electrons. The van der Waals surface area contributed by atoms with Crippen molar-refractivity contribution in [1.29, 1.82) is 5.26 Å². The molecule has 0 radical (unpaired) electrons. The Morgan fingerprint density at radius 3 is 2.67 bits per heavy atom.